The van der Waals surface area contributed by atoms with Crippen molar-refractivity contribution < 1.29 is 78.1 Å². The van der Waals surface area contributed by atoms with Crippen LogP contribution in [0.5, 0.6) is 0 Å². The van der Waals surface area contributed by atoms with E-state index in [0.29, 0.717) is 54.2 Å². The van der Waals surface area contributed by atoms with Gasteiger partial charge in [-0.15, -0.1) is 18.2 Å². The molecule has 6 amide bonds. The number of nitrogens with zero attached hydrogens (tertiary/aromatic N) is 2. The molecule has 30 heteroatoms. The number of alkyl halides is 1. The molecule has 0 radical (unpaired) electrons. The number of ketones is 2. The molecule has 4 atom stereocenters. The normalized spacial score (nSPS) is 16.6. The van der Waals surface area contributed by atoms with Crippen LogP contribution in [-0.4, -0.2) is 180 Å². The third kappa shape index (κ3) is 72.5. The van der Waals surface area contributed by atoms with Gasteiger partial charge in [-0.2, -0.15) is 84.1 Å². The third-order valence-corrected chi connectivity index (χ3v) is 15.5. The van der Waals surface area contributed by atoms with Gasteiger partial charge in [0.05, 0.1) is 17.5 Å². The minimum atomic E-state index is -1.16. The number of thiol groups is 2. The van der Waals surface area contributed by atoms with Crippen molar-refractivity contribution in [2.45, 2.75) is 138 Å². The molecule has 16 N–H and O–H groups in total. The van der Waals surface area contributed by atoms with E-state index in [4.69, 9.17) is 62.3 Å². The van der Waals surface area contributed by atoms with Gasteiger partial charge in [-0.3, -0.25) is 44.4 Å². The van der Waals surface area contributed by atoms with Gasteiger partial charge in [0.1, 0.15) is 33.7 Å². The predicted molar refractivity (Wildman–Crippen MR) is 344 cm³/mol. The minimum Gasteiger partial charge on any atom is -0.512 e. The van der Waals surface area contributed by atoms with Crippen molar-refractivity contribution >= 4 is 149 Å². The van der Waals surface area contributed by atoms with Gasteiger partial charge >= 0.3 is 53.6 Å². The summed E-state index contributed by atoms with van der Waals surface area (Å²) in [5.74, 6) is 7.75. The number of aliphatic imine (C=N–C) groups is 1. The number of rotatable bonds is 26. The molecular weight excluding hydrogens is 1190 g/mol. The molecule has 2 rings (SSSR count). The van der Waals surface area contributed by atoms with Crippen molar-refractivity contribution in [2.24, 2.45) is 33.7 Å². The number of halogens is 1. The number of amidine groups is 1. The number of thioether (sulfide) groups is 5. The molecule has 1 unspecified atom stereocenters. The Balaban J connectivity index is -0.000000103. The van der Waals surface area contributed by atoms with Crippen molar-refractivity contribution in [3.8, 4) is 0 Å². The molecule has 0 aromatic carbocycles. The Hall–Kier alpha value is -1.56. The van der Waals surface area contributed by atoms with E-state index in [2.05, 4.69) is 85.8 Å². The zero-order valence-corrected chi connectivity index (χ0v) is 58.2. The molecule has 0 bridgehead atoms. The van der Waals surface area contributed by atoms with E-state index in [0.717, 1.165) is 59.5 Å². The average Bonchev–Trinajstić information content (AvgIpc) is 3.77. The van der Waals surface area contributed by atoms with Crippen molar-refractivity contribution in [1.29, 1.82) is 5.26 Å². The first-order chi connectivity index (χ1) is 36.1. The molecule has 0 spiro atoms. The van der Waals surface area contributed by atoms with Crippen LogP contribution in [0.1, 0.15) is 116 Å². The number of Topliss-reactive ketones (excluding diaryl/α,β-unsaturated/α-hetero) is 2. The topological polar surface area (TPSA) is 391 Å². The van der Waals surface area contributed by atoms with E-state index in [1.165, 1.54) is 56.3 Å². The van der Waals surface area contributed by atoms with E-state index < -0.39 is 34.1 Å². The van der Waals surface area contributed by atoms with Crippen LogP contribution in [0.2, 0.25) is 0 Å². The van der Waals surface area contributed by atoms with E-state index in [9.17, 15) is 38.4 Å². The molecule has 0 aromatic heterocycles. The second kappa shape index (κ2) is 64.0. The summed E-state index contributed by atoms with van der Waals surface area (Å²) in [6, 6.07) is -0.769. The number of carbonyl (C=O) groups excluding carboxylic acids is 6. The van der Waals surface area contributed by atoms with Crippen LogP contribution < -0.4 is 79.5 Å². The van der Waals surface area contributed by atoms with Crippen LogP contribution in [0.25, 0.3) is 0 Å². The quantitative estimate of drug-likeness (QED) is 0.00680. The van der Waals surface area contributed by atoms with Crippen LogP contribution in [0.4, 0.5) is 9.59 Å². The van der Waals surface area contributed by atoms with E-state index >= 15 is 0 Å². The number of urea groups is 2. The summed E-state index contributed by atoms with van der Waals surface area (Å²) in [4.78, 5) is 89.3. The standard InChI is InChI=1S/C8H17N3O2S.2C8H14N2O2S.C6H14N2O2S.C6H12OS.C4H8.C3H5ClO.C3H8S.C2H7NS.CN.Na/c1-6(9)11-3-4-14-5-8(2,10)7(12)13;2*1-3-4-13-5-8(2)6(11)9-7(12)10-8;1-6(8,5(9)10)4-11-3-2-7;1-3-4-8-5-6(2)7;1-4(2)3;1-3(5)2-4;1-2-3-4;3-1-2-4;1-2;/h3-5,10H2,1-2H3,(H2,9,11)(H,12,13);2*3-5H2,1-2H3,(H2,9,10,11,12);2-4,7-8H2,1H3,(H,9,10);3-5H2,1-2H3;1H2,2-3H3;2H2,1H3;4H,2-3H2,1H3;4H,1-3H2;;/q;;;;;;;;;-1;+1/t2*8-;;6-;;;;;;;/m00.0......./s1. The molecule has 0 aliphatic carbocycles. The fourth-order valence-corrected chi connectivity index (χ4v) is 8.21. The predicted octanol–water partition coefficient (Wildman–Crippen LogP) is 3.25. The number of allylic oxidation sites excluding steroid dienone is 1. The summed E-state index contributed by atoms with van der Waals surface area (Å²) >= 11 is 20.7. The Morgan fingerprint density at radius 1 is 0.671 bits per heavy atom. The summed E-state index contributed by atoms with van der Waals surface area (Å²) in [6.07, 6.45) is 4.51. The van der Waals surface area contributed by atoms with E-state index in [1.54, 1.807) is 63.0 Å². The number of hydrogen-bond acceptors (Lipinski definition) is 21. The maximum absolute atomic E-state index is 11.3. The van der Waals surface area contributed by atoms with Gasteiger partial charge in [-0.1, -0.05) is 33.3 Å². The molecule has 21 nitrogen and oxygen atoms in total. The number of carboxylic acid groups (broad SMARTS) is 2. The summed E-state index contributed by atoms with van der Waals surface area (Å²) < 4.78 is 0. The number of amides is 6. The zero-order chi connectivity index (χ0) is 63.0. The third-order valence-electron chi connectivity index (χ3n) is 7.55. The first kappa shape index (κ1) is 96.6. The van der Waals surface area contributed by atoms with Gasteiger partial charge in [-0.05, 0) is 111 Å². The SMILES string of the molecule is C=C(C)C.CC(=O)CCl.CC(N)=NCCSC[C@](C)(N)C(=O)O.CCCS.CCCSCC(C)=O.CCCSCC1(C)NC(=O)NC1=O.CCCSC[C@]1(C)NC(=O)NC1=O.C[C@](N)(CSCCN)C(=O)O.NCCS.[C-]#N.[Na+]. The molecule has 2 aliphatic heterocycles. The first-order valence-electron chi connectivity index (χ1n) is 24.6. The average molecular weight is 1290 g/mol. The fourth-order valence-electron chi connectivity index (χ4n) is 3.63. The number of imide groups is 2. The Kier molecular flexibility index (Phi) is 78.3. The second-order valence-electron chi connectivity index (χ2n) is 17.5. The van der Waals surface area contributed by atoms with Gasteiger partial charge in [-0.25, -0.2) is 9.59 Å². The summed E-state index contributed by atoms with van der Waals surface area (Å²) in [6.45, 7) is 33.8. The van der Waals surface area contributed by atoms with Crippen molar-refractivity contribution in [1.82, 2.24) is 21.3 Å². The molecule has 2 saturated heterocycles. The molecule has 0 aromatic rings. The van der Waals surface area contributed by atoms with Gasteiger partial charge < -0.3 is 61.3 Å². The Morgan fingerprint density at radius 2 is 0.987 bits per heavy atom. The molecule has 0 saturated carbocycles. The van der Waals surface area contributed by atoms with Gasteiger partial charge in [0.15, 0.2) is 0 Å². The van der Waals surface area contributed by atoms with E-state index in [-0.39, 0.29) is 70.9 Å². The monoisotopic (exact) mass is 1280 g/mol. The number of hydrogen-bond donors (Lipinski definition) is 13. The number of carboxylic acids is 2. The number of aliphatic carboxylic acids is 2. The molecule has 2 heterocycles. The fraction of sp³-hybridized carbons (Fsp3) is 0.755. The Labute approximate surface area is 533 Å². The van der Waals surface area contributed by atoms with Gasteiger partial charge in [0.2, 0.25) is 0 Å². The van der Waals surface area contributed by atoms with Crippen molar-refractivity contribution in [3.63, 3.8) is 0 Å². The maximum Gasteiger partial charge on any atom is 1.00 e. The molecule has 460 valence electrons. The zero-order valence-electron chi connectivity index (χ0n) is 49.6. The smallest absolute Gasteiger partial charge is 0.512 e. The maximum atomic E-state index is 11.3. The summed E-state index contributed by atoms with van der Waals surface area (Å²) in [5, 5.41) is 33.2. The van der Waals surface area contributed by atoms with Gasteiger partial charge in [0, 0.05) is 59.9 Å². The van der Waals surface area contributed by atoms with Crippen LogP contribution in [0.3, 0.4) is 0 Å². The summed E-state index contributed by atoms with van der Waals surface area (Å²) in [7, 11) is 0. The largest absolute Gasteiger partial charge is 1.00 e. The van der Waals surface area contributed by atoms with Crippen LogP contribution in [-0.2, 0) is 28.8 Å². The van der Waals surface area contributed by atoms with E-state index in [1.807, 2.05) is 13.8 Å². The van der Waals surface area contributed by atoms with Crippen LogP contribution in [0, 0.1) is 11.8 Å². The number of nitrogens with two attached hydrogens (primary N) is 5. The minimum absolute atomic E-state index is 0. The first-order valence-corrected chi connectivity index (χ1v) is 32.2. The molecular formula is C49H99ClN11NaO10S7. The Bertz CT molecular complexity index is 1640. The van der Waals surface area contributed by atoms with Crippen molar-refractivity contribution in [3.05, 3.63) is 18.7 Å². The van der Waals surface area contributed by atoms with Crippen LogP contribution >= 0.6 is 95.7 Å². The van der Waals surface area contributed by atoms with Gasteiger partial charge in [0.25, 0.3) is 11.8 Å². The second-order valence-corrected chi connectivity index (χ2v) is 24.2. The molecule has 2 fully saturated rings. The Morgan fingerprint density at radius 3 is 1.20 bits per heavy atom. The molecule has 79 heavy (non-hydrogen) atoms. The number of carbonyl (C=O) groups is 8. The van der Waals surface area contributed by atoms with Crippen LogP contribution in [0.15, 0.2) is 17.1 Å². The molecule has 2 aliphatic rings. The summed E-state index contributed by atoms with van der Waals surface area (Å²) in [5.41, 5.74) is 23.9. The number of nitrogens with one attached hydrogen (secondary N) is 4. The van der Waals surface area contributed by atoms with Crippen molar-refractivity contribution in [2.75, 3.05) is 94.5 Å².